The Morgan fingerprint density at radius 2 is 1.65 bits per heavy atom. The van der Waals surface area contributed by atoms with Crippen LogP contribution >= 0.6 is 11.8 Å². The fourth-order valence-electron chi connectivity index (χ4n) is 3.63. The molecule has 11 heteroatoms. The second-order valence-electron chi connectivity index (χ2n) is 7.52. The third-order valence-electron chi connectivity index (χ3n) is 5.28. The second-order valence-corrected chi connectivity index (χ2v) is 8.52. The maximum atomic E-state index is 14.0. The number of halogens is 4. The van der Waals surface area contributed by atoms with Crippen molar-refractivity contribution in [3.8, 4) is 0 Å². The van der Waals surface area contributed by atoms with Crippen LogP contribution in [0, 0.1) is 5.82 Å². The van der Waals surface area contributed by atoms with Gasteiger partial charge in [0.05, 0.1) is 22.7 Å². The van der Waals surface area contributed by atoms with Crippen LogP contribution in [0.5, 0.6) is 0 Å². The quantitative estimate of drug-likeness (QED) is 0.307. The van der Waals surface area contributed by atoms with E-state index in [-0.39, 0.29) is 17.3 Å². The van der Waals surface area contributed by atoms with Crippen LogP contribution in [0.1, 0.15) is 5.56 Å². The molecular weight excluding hydrogens is 470 g/mol. The summed E-state index contributed by atoms with van der Waals surface area (Å²) in [6.45, 7) is 2.50. The van der Waals surface area contributed by atoms with Gasteiger partial charge in [0.1, 0.15) is 23.0 Å². The summed E-state index contributed by atoms with van der Waals surface area (Å²) in [4.78, 5) is 24.7. The van der Waals surface area contributed by atoms with Gasteiger partial charge in [-0.2, -0.15) is 13.2 Å². The molecule has 1 N–H and O–H groups in total. The molecule has 2 aromatic carbocycles. The standard InChI is InChI=1S/C23H21F4N5OS/c24-17-6-2-4-8-19(17)31-9-11-32(12-10-31)20-13-22(29-15-28-20)34-14-21(33)30-18-7-3-1-5-16(18)23(25,26)27/h1-8,13,15H,9-12,14H2,(H,30,33). The Labute approximate surface area is 198 Å². The molecule has 178 valence electrons. The smallest absolute Gasteiger partial charge is 0.366 e. The predicted octanol–water partition coefficient (Wildman–Crippen LogP) is 4.69. The number of thioether (sulfide) groups is 1. The normalized spacial score (nSPS) is 14.2. The number of nitrogens with one attached hydrogen (secondary N) is 1. The number of rotatable bonds is 6. The van der Waals surface area contributed by atoms with Crippen molar-refractivity contribution in [3.05, 3.63) is 72.3 Å². The Morgan fingerprint density at radius 1 is 0.971 bits per heavy atom. The zero-order valence-corrected chi connectivity index (χ0v) is 18.7. The van der Waals surface area contributed by atoms with Crippen LogP contribution in [0.3, 0.4) is 0 Å². The average molecular weight is 492 g/mol. The van der Waals surface area contributed by atoms with Gasteiger partial charge >= 0.3 is 6.18 Å². The van der Waals surface area contributed by atoms with Crippen LogP contribution in [0.2, 0.25) is 0 Å². The molecule has 4 rings (SSSR count). The van der Waals surface area contributed by atoms with E-state index < -0.39 is 17.6 Å². The second kappa shape index (κ2) is 10.3. The maximum Gasteiger partial charge on any atom is 0.418 e. The first-order chi connectivity index (χ1) is 16.3. The van der Waals surface area contributed by atoms with Crippen molar-refractivity contribution in [1.82, 2.24) is 9.97 Å². The van der Waals surface area contributed by atoms with Crippen LogP contribution in [-0.4, -0.2) is 47.8 Å². The zero-order chi connectivity index (χ0) is 24.1. The van der Waals surface area contributed by atoms with E-state index in [1.165, 1.54) is 30.6 Å². The molecule has 1 aliphatic heterocycles. The number of aromatic nitrogens is 2. The van der Waals surface area contributed by atoms with Crippen molar-refractivity contribution in [2.75, 3.05) is 47.0 Å². The molecule has 1 amide bonds. The van der Waals surface area contributed by atoms with Crippen LogP contribution in [-0.2, 0) is 11.0 Å². The number of amides is 1. The van der Waals surface area contributed by atoms with Crippen molar-refractivity contribution in [2.24, 2.45) is 0 Å². The molecule has 34 heavy (non-hydrogen) atoms. The summed E-state index contributed by atoms with van der Waals surface area (Å²) in [6, 6.07) is 13.2. The Bertz CT molecular complexity index is 1150. The lowest BCUT2D eigenvalue weighted by Gasteiger charge is -2.36. The zero-order valence-electron chi connectivity index (χ0n) is 17.9. The number of para-hydroxylation sites is 2. The third kappa shape index (κ3) is 5.77. The van der Waals surface area contributed by atoms with E-state index in [4.69, 9.17) is 0 Å². The number of hydrogen-bond acceptors (Lipinski definition) is 6. The largest absolute Gasteiger partial charge is 0.418 e. The topological polar surface area (TPSA) is 61.4 Å². The minimum absolute atomic E-state index is 0.107. The highest BCUT2D eigenvalue weighted by Crippen LogP contribution is 2.34. The summed E-state index contributed by atoms with van der Waals surface area (Å²) in [6.07, 6.45) is -3.17. The number of anilines is 3. The average Bonchev–Trinajstić information content (AvgIpc) is 2.83. The van der Waals surface area contributed by atoms with Gasteiger partial charge in [0.2, 0.25) is 5.91 Å². The van der Waals surface area contributed by atoms with Crippen LogP contribution < -0.4 is 15.1 Å². The number of benzene rings is 2. The number of piperazine rings is 1. The van der Waals surface area contributed by atoms with E-state index in [1.54, 1.807) is 24.3 Å². The molecule has 0 aliphatic carbocycles. The van der Waals surface area contributed by atoms with Crippen LogP contribution in [0.15, 0.2) is 66.0 Å². The SMILES string of the molecule is O=C(CSc1cc(N2CCN(c3ccccc3F)CC2)ncn1)Nc1ccccc1C(F)(F)F. The summed E-state index contributed by atoms with van der Waals surface area (Å²) < 4.78 is 53.4. The van der Waals surface area contributed by atoms with Gasteiger partial charge in [-0.3, -0.25) is 4.79 Å². The van der Waals surface area contributed by atoms with Gasteiger partial charge < -0.3 is 15.1 Å². The molecule has 3 aromatic rings. The van der Waals surface area contributed by atoms with E-state index in [0.717, 1.165) is 17.8 Å². The number of alkyl halides is 3. The van der Waals surface area contributed by atoms with Crippen LogP contribution in [0.25, 0.3) is 0 Å². The van der Waals surface area contributed by atoms with E-state index in [0.29, 0.717) is 42.7 Å². The third-order valence-corrected chi connectivity index (χ3v) is 6.21. The summed E-state index contributed by atoms with van der Waals surface area (Å²) in [5.74, 6) is -0.259. The molecular formula is C23H21F4N5OS. The van der Waals surface area contributed by atoms with E-state index in [2.05, 4.69) is 15.3 Å². The van der Waals surface area contributed by atoms with Gasteiger partial charge in [-0.25, -0.2) is 14.4 Å². The van der Waals surface area contributed by atoms with Gasteiger partial charge in [-0.1, -0.05) is 36.0 Å². The van der Waals surface area contributed by atoms with Crippen molar-refractivity contribution in [1.29, 1.82) is 0 Å². The van der Waals surface area contributed by atoms with Gasteiger partial charge in [-0.05, 0) is 24.3 Å². The van der Waals surface area contributed by atoms with E-state index >= 15 is 0 Å². The molecule has 1 aliphatic rings. The molecule has 1 aromatic heterocycles. The van der Waals surface area contributed by atoms with E-state index in [1.807, 2.05) is 9.80 Å². The first-order valence-electron chi connectivity index (χ1n) is 10.5. The van der Waals surface area contributed by atoms with E-state index in [9.17, 15) is 22.4 Å². The molecule has 0 saturated carbocycles. The molecule has 0 spiro atoms. The molecule has 2 heterocycles. The predicted molar refractivity (Wildman–Crippen MR) is 124 cm³/mol. The van der Waals surface area contributed by atoms with Crippen LogP contribution in [0.4, 0.5) is 34.8 Å². The summed E-state index contributed by atoms with van der Waals surface area (Å²) in [7, 11) is 0. The Balaban J connectivity index is 1.33. The number of nitrogens with zero attached hydrogens (tertiary/aromatic N) is 4. The highest BCUT2D eigenvalue weighted by Gasteiger charge is 2.33. The highest BCUT2D eigenvalue weighted by atomic mass is 32.2. The summed E-state index contributed by atoms with van der Waals surface area (Å²) in [5, 5.41) is 2.85. The first-order valence-corrected chi connectivity index (χ1v) is 11.4. The fraction of sp³-hybridized carbons (Fsp3) is 0.261. The van der Waals surface area contributed by atoms with Crippen molar-refractivity contribution < 1.29 is 22.4 Å². The monoisotopic (exact) mass is 491 g/mol. The number of carbonyl (C=O) groups is 1. The van der Waals surface area contributed by atoms with Crippen molar-refractivity contribution in [2.45, 2.75) is 11.2 Å². The summed E-state index contributed by atoms with van der Waals surface area (Å²) >= 11 is 1.11. The van der Waals surface area contributed by atoms with Gasteiger partial charge in [-0.15, -0.1) is 0 Å². The first kappa shape index (κ1) is 23.8. The lowest BCUT2D eigenvalue weighted by Crippen LogP contribution is -2.47. The minimum Gasteiger partial charge on any atom is -0.366 e. The van der Waals surface area contributed by atoms with Crippen molar-refractivity contribution in [3.63, 3.8) is 0 Å². The fourth-order valence-corrected chi connectivity index (χ4v) is 4.29. The molecule has 0 radical (unpaired) electrons. The highest BCUT2D eigenvalue weighted by molar-refractivity contribution is 7.99. The molecule has 0 bridgehead atoms. The minimum atomic E-state index is -4.56. The maximum absolute atomic E-state index is 14.0. The van der Waals surface area contributed by atoms with Gasteiger partial charge in [0.15, 0.2) is 0 Å². The molecule has 6 nitrogen and oxygen atoms in total. The lowest BCUT2D eigenvalue weighted by atomic mass is 10.1. The van der Waals surface area contributed by atoms with Gasteiger partial charge in [0.25, 0.3) is 0 Å². The number of hydrogen-bond donors (Lipinski definition) is 1. The molecule has 0 unspecified atom stereocenters. The molecule has 1 saturated heterocycles. The lowest BCUT2D eigenvalue weighted by molar-refractivity contribution is -0.137. The Morgan fingerprint density at radius 3 is 2.38 bits per heavy atom. The molecule has 1 fully saturated rings. The Hall–Kier alpha value is -3.34. The van der Waals surface area contributed by atoms with Crippen molar-refractivity contribution >= 4 is 34.9 Å². The van der Waals surface area contributed by atoms with Gasteiger partial charge in [0, 0.05) is 32.2 Å². The summed E-state index contributed by atoms with van der Waals surface area (Å²) in [5.41, 5.74) is -0.608. The molecule has 0 atom stereocenters. The Kier molecular flexibility index (Phi) is 7.20. The number of carbonyl (C=O) groups excluding carboxylic acids is 1.